The van der Waals surface area contributed by atoms with E-state index < -0.39 is 0 Å². The van der Waals surface area contributed by atoms with E-state index in [1.54, 1.807) is 0 Å². The summed E-state index contributed by atoms with van der Waals surface area (Å²) in [5.74, 6) is 1.06. The van der Waals surface area contributed by atoms with Crippen molar-refractivity contribution < 1.29 is 4.79 Å². The lowest BCUT2D eigenvalue weighted by Crippen LogP contribution is -2.31. The molecule has 3 heteroatoms. The maximum atomic E-state index is 12.5. The van der Waals surface area contributed by atoms with E-state index in [1.165, 1.54) is 37.8 Å². The number of aryl methyl sites for hydroxylation is 1. The summed E-state index contributed by atoms with van der Waals surface area (Å²) in [6.45, 7) is 8.82. The molecule has 0 radical (unpaired) electrons. The molecule has 0 aliphatic heterocycles. The molecule has 1 aliphatic carbocycles. The third-order valence-electron chi connectivity index (χ3n) is 4.90. The van der Waals surface area contributed by atoms with E-state index in [9.17, 15) is 4.79 Å². The van der Waals surface area contributed by atoms with Gasteiger partial charge < -0.3 is 4.57 Å². The molecule has 1 saturated carbocycles. The SMILES string of the molecule is CCn1c(C)cc(C(=O)CN(C)CC2CCCCC2)c1C. The zero-order chi connectivity index (χ0) is 15.4. The van der Waals surface area contributed by atoms with Gasteiger partial charge in [0, 0.05) is 30.0 Å². The average molecular weight is 290 g/mol. The van der Waals surface area contributed by atoms with Gasteiger partial charge in [0.15, 0.2) is 5.78 Å². The minimum atomic E-state index is 0.265. The monoisotopic (exact) mass is 290 g/mol. The Morgan fingerprint density at radius 3 is 2.52 bits per heavy atom. The van der Waals surface area contributed by atoms with E-state index in [-0.39, 0.29) is 5.78 Å². The Balaban J connectivity index is 1.94. The van der Waals surface area contributed by atoms with Crippen molar-refractivity contribution in [1.29, 1.82) is 0 Å². The lowest BCUT2D eigenvalue weighted by atomic mass is 9.89. The van der Waals surface area contributed by atoms with Gasteiger partial charge in [0.2, 0.25) is 0 Å². The highest BCUT2D eigenvalue weighted by atomic mass is 16.1. The molecule has 0 atom stereocenters. The Morgan fingerprint density at radius 1 is 1.29 bits per heavy atom. The topological polar surface area (TPSA) is 25.2 Å². The van der Waals surface area contributed by atoms with Crippen LogP contribution in [0.25, 0.3) is 0 Å². The summed E-state index contributed by atoms with van der Waals surface area (Å²) in [5, 5.41) is 0. The maximum Gasteiger partial charge on any atom is 0.178 e. The third kappa shape index (κ3) is 3.97. The van der Waals surface area contributed by atoms with Gasteiger partial charge in [0.25, 0.3) is 0 Å². The predicted octanol–water partition coefficient (Wildman–Crippen LogP) is 3.82. The molecule has 0 N–H and O–H groups in total. The molecular formula is C18H30N2O. The van der Waals surface area contributed by atoms with Crippen LogP contribution < -0.4 is 0 Å². The number of carbonyl (C=O) groups excluding carboxylic acids is 1. The third-order valence-corrected chi connectivity index (χ3v) is 4.90. The van der Waals surface area contributed by atoms with Crippen LogP contribution in [0.4, 0.5) is 0 Å². The van der Waals surface area contributed by atoms with Crippen LogP contribution in [-0.2, 0) is 6.54 Å². The number of likely N-dealkylation sites (N-methyl/N-ethyl adjacent to an activating group) is 1. The molecule has 0 unspecified atom stereocenters. The molecule has 0 aromatic carbocycles. The zero-order valence-electron chi connectivity index (χ0n) is 14.1. The molecule has 0 spiro atoms. The second-order valence-electron chi connectivity index (χ2n) is 6.65. The summed E-state index contributed by atoms with van der Waals surface area (Å²) in [7, 11) is 2.09. The largest absolute Gasteiger partial charge is 0.349 e. The number of ketones is 1. The maximum absolute atomic E-state index is 12.5. The van der Waals surface area contributed by atoms with Crippen molar-refractivity contribution in [3.05, 3.63) is 23.0 Å². The van der Waals surface area contributed by atoms with Gasteiger partial charge in [-0.1, -0.05) is 19.3 Å². The number of aromatic nitrogens is 1. The van der Waals surface area contributed by atoms with E-state index >= 15 is 0 Å². The number of rotatable bonds is 6. The molecule has 2 rings (SSSR count). The first-order chi connectivity index (χ1) is 10.0. The number of Topliss-reactive ketones (excluding diaryl/α,β-unsaturated/α-hetero) is 1. The van der Waals surface area contributed by atoms with Crippen LogP contribution in [0.15, 0.2) is 6.07 Å². The Bertz CT molecular complexity index is 484. The van der Waals surface area contributed by atoms with Gasteiger partial charge in [0.05, 0.1) is 6.54 Å². The number of carbonyl (C=O) groups is 1. The van der Waals surface area contributed by atoms with Gasteiger partial charge in [-0.15, -0.1) is 0 Å². The normalized spacial score (nSPS) is 16.6. The van der Waals surface area contributed by atoms with Crippen LogP contribution in [-0.4, -0.2) is 35.4 Å². The first-order valence-electron chi connectivity index (χ1n) is 8.41. The summed E-state index contributed by atoms with van der Waals surface area (Å²) in [6, 6.07) is 2.05. The molecule has 1 fully saturated rings. The number of hydrogen-bond acceptors (Lipinski definition) is 2. The van der Waals surface area contributed by atoms with Crippen molar-refractivity contribution in [3.63, 3.8) is 0 Å². The summed E-state index contributed by atoms with van der Waals surface area (Å²) in [5.41, 5.74) is 3.21. The molecule has 0 saturated heterocycles. The molecule has 21 heavy (non-hydrogen) atoms. The highest BCUT2D eigenvalue weighted by Crippen LogP contribution is 2.24. The molecule has 1 aromatic heterocycles. The van der Waals surface area contributed by atoms with Gasteiger partial charge in [-0.3, -0.25) is 9.69 Å². The van der Waals surface area contributed by atoms with Gasteiger partial charge >= 0.3 is 0 Å². The first-order valence-corrected chi connectivity index (χ1v) is 8.41. The average Bonchev–Trinajstić information content (AvgIpc) is 2.74. The minimum absolute atomic E-state index is 0.265. The Kier molecular flexibility index (Phi) is 5.63. The highest BCUT2D eigenvalue weighted by molar-refractivity contribution is 5.99. The molecule has 0 amide bonds. The van der Waals surface area contributed by atoms with Crippen molar-refractivity contribution >= 4 is 5.78 Å². The minimum Gasteiger partial charge on any atom is -0.349 e. The van der Waals surface area contributed by atoms with Gasteiger partial charge in [-0.05, 0) is 52.6 Å². The van der Waals surface area contributed by atoms with Crippen LogP contribution >= 0.6 is 0 Å². The lowest BCUT2D eigenvalue weighted by Gasteiger charge is -2.26. The molecule has 1 aliphatic rings. The number of nitrogens with zero attached hydrogens (tertiary/aromatic N) is 2. The van der Waals surface area contributed by atoms with Crippen molar-refractivity contribution in [1.82, 2.24) is 9.47 Å². The van der Waals surface area contributed by atoms with E-state index in [0.717, 1.165) is 30.3 Å². The predicted molar refractivity (Wildman–Crippen MR) is 88.0 cm³/mol. The van der Waals surface area contributed by atoms with Gasteiger partial charge in [-0.2, -0.15) is 0 Å². The summed E-state index contributed by atoms with van der Waals surface area (Å²) in [6.07, 6.45) is 6.79. The molecule has 3 nitrogen and oxygen atoms in total. The second kappa shape index (κ2) is 7.26. The molecule has 1 heterocycles. The van der Waals surface area contributed by atoms with Crippen molar-refractivity contribution in [2.75, 3.05) is 20.1 Å². The van der Waals surface area contributed by atoms with Gasteiger partial charge in [-0.25, -0.2) is 0 Å². The van der Waals surface area contributed by atoms with Crippen LogP contribution in [0.3, 0.4) is 0 Å². The van der Waals surface area contributed by atoms with Crippen LogP contribution in [0.2, 0.25) is 0 Å². The van der Waals surface area contributed by atoms with Crippen LogP contribution in [0.5, 0.6) is 0 Å². The Labute approximate surface area is 129 Å². The van der Waals surface area contributed by atoms with E-state index in [4.69, 9.17) is 0 Å². The van der Waals surface area contributed by atoms with E-state index in [1.807, 2.05) is 0 Å². The molecule has 1 aromatic rings. The smallest absolute Gasteiger partial charge is 0.178 e. The van der Waals surface area contributed by atoms with E-state index in [2.05, 4.69) is 43.4 Å². The van der Waals surface area contributed by atoms with Crippen molar-refractivity contribution in [2.24, 2.45) is 5.92 Å². The fourth-order valence-electron chi connectivity index (χ4n) is 3.78. The van der Waals surface area contributed by atoms with Crippen molar-refractivity contribution in [2.45, 2.75) is 59.4 Å². The molecule has 0 bridgehead atoms. The van der Waals surface area contributed by atoms with Crippen molar-refractivity contribution in [3.8, 4) is 0 Å². The van der Waals surface area contributed by atoms with Crippen LogP contribution in [0, 0.1) is 19.8 Å². The molecule has 118 valence electrons. The summed E-state index contributed by atoms with van der Waals surface area (Å²) in [4.78, 5) is 14.8. The summed E-state index contributed by atoms with van der Waals surface area (Å²) >= 11 is 0. The number of hydrogen-bond donors (Lipinski definition) is 0. The second-order valence-corrected chi connectivity index (χ2v) is 6.65. The highest BCUT2D eigenvalue weighted by Gasteiger charge is 2.19. The van der Waals surface area contributed by atoms with Gasteiger partial charge in [0.1, 0.15) is 0 Å². The fraction of sp³-hybridized carbons (Fsp3) is 0.722. The van der Waals surface area contributed by atoms with E-state index in [0.29, 0.717) is 6.54 Å². The van der Waals surface area contributed by atoms with Crippen LogP contribution in [0.1, 0.15) is 60.8 Å². The zero-order valence-corrected chi connectivity index (χ0v) is 14.1. The fourth-order valence-corrected chi connectivity index (χ4v) is 3.78. The Morgan fingerprint density at radius 2 is 1.95 bits per heavy atom. The molecular weight excluding hydrogens is 260 g/mol. The standard InChI is InChI=1S/C18H30N2O/c1-5-20-14(2)11-17(15(20)3)18(21)13-19(4)12-16-9-7-6-8-10-16/h11,16H,5-10,12-13H2,1-4H3. The quantitative estimate of drug-likeness (QED) is 0.744. The Hall–Kier alpha value is -1.09. The lowest BCUT2D eigenvalue weighted by molar-refractivity contribution is 0.0931. The first kappa shape index (κ1) is 16.3. The summed E-state index contributed by atoms with van der Waals surface area (Å²) < 4.78 is 2.22.